The van der Waals surface area contributed by atoms with E-state index in [9.17, 15) is 14.4 Å². The molecule has 0 saturated carbocycles. The van der Waals surface area contributed by atoms with Crippen LogP contribution in [0.3, 0.4) is 0 Å². The highest BCUT2D eigenvalue weighted by molar-refractivity contribution is 6.30. The standard InChI is InChI=1S/C18H17ClN2O3.C16H15ClO2/c1-18(16(22)20-17(23)21-18)11-24-10-12-2-4-13(5-3-12)14-6-8-15(19)9-7-14;1-11(18)16(19-2)14-5-3-12(4-6-14)13-7-9-15(17)10-8-13/h2-9H,10-11H2,1H3,(H2,20,21,22,23);3-10,16H,1-2H3. The van der Waals surface area contributed by atoms with Crippen LogP contribution in [0.2, 0.25) is 10.0 Å². The van der Waals surface area contributed by atoms with Gasteiger partial charge >= 0.3 is 6.03 Å². The van der Waals surface area contributed by atoms with Crippen molar-refractivity contribution in [3.8, 4) is 22.3 Å². The Labute approximate surface area is 261 Å². The Bertz CT molecular complexity index is 1560. The van der Waals surface area contributed by atoms with Gasteiger partial charge in [-0.1, -0.05) is 96.0 Å². The number of ketones is 1. The number of amides is 3. The maximum absolute atomic E-state index is 11.7. The van der Waals surface area contributed by atoms with Gasteiger partial charge in [-0.2, -0.15) is 0 Å². The van der Waals surface area contributed by atoms with Gasteiger partial charge in [0.1, 0.15) is 11.6 Å². The number of carbonyl (C=O) groups excluding carboxylic acids is 3. The minimum atomic E-state index is -1.01. The maximum Gasteiger partial charge on any atom is 0.322 e. The Morgan fingerprint density at radius 2 is 1.21 bits per heavy atom. The van der Waals surface area contributed by atoms with Gasteiger partial charge in [0.05, 0.1) is 13.2 Å². The van der Waals surface area contributed by atoms with Crippen LogP contribution in [-0.4, -0.2) is 37.0 Å². The molecule has 1 fully saturated rings. The Kier molecular flexibility index (Phi) is 10.7. The largest absolute Gasteiger partial charge is 0.374 e. The number of urea groups is 1. The minimum absolute atomic E-state index is 0.00161. The molecule has 9 heteroatoms. The van der Waals surface area contributed by atoms with Crippen LogP contribution in [0.15, 0.2) is 97.1 Å². The second-order valence-corrected chi connectivity index (χ2v) is 11.2. The lowest BCUT2D eigenvalue weighted by Gasteiger charge is -2.20. The van der Waals surface area contributed by atoms with Gasteiger partial charge in [0, 0.05) is 17.2 Å². The van der Waals surface area contributed by atoms with Crippen molar-refractivity contribution in [3.63, 3.8) is 0 Å². The lowest BCUT2D eigenvalue weighted by molar-refractivity contribution is -0.127. The highest BCUT2D eigenvalue weighted by Crippen LogP contribution is 2.25. The first-order chi connectivity index (χ1) is 20.6. The van der Waals surface area contributed by atoms with Crippen LogP contribution in [-0.2, 0) is 25.7 Å². The summed E-state index contributed by atoms with van der Waals surface area (Å²) in [4.78, 5) is 34.3. The molecule has 1 aliphatic heterocycles. The maximum atomic E-state index is 11.7. The topological polar surface area (TPSA) is 93.7 Å². The first-order valence-corrected chi connectivity index (χ1v) is 14.3. The van der Waals surface area contributed by atoms with Gasteiger partial charge in [0.15, 0.2) is 5.78 Å². The number of halogens is 2. The lowest BCUT2D eigenvalue weighted by atomic mass is 10.0. The van der Waals surface area contributed by atoms with Gasteiger partial charge in [0.2, 0.25) is 0 Å². The highest BCUT2D eigenvalue weighted by Gasteiger charge is 2.42. The summed E-state index contributed by atoms with van der Waals surface area (Å²) in [5, 5.41) is 6.20. The number of imide groups is 1. The zero-order valence-electron chi connectivity index (χ0n) is 24.0. The van der Waals surface area contributed by atoms with Gasteiger partial charge in [0.25, 0.3) is 5.91 Å². The summed E-state index contributed by atoms with van der Waals surface area (Å²) in [5.41, 5.74) is 5.19. The summed E-state index contributed by atoms with van der Waals surface area (Å²) in [7, 11) is 1.54. The summed E-state index contributed by atoms with van der Waals surface area (Å²) in [6, 6.07) is 30.6. The number of nitrogens with one attached hydrogen (secondary N) is 2. The Balaban J connectivity index is 0.000000203. The van der Waals surface area contributed by atoms with Crippen LogP contribution < -0.4 is 10.6 Å². The average Bonchev–Trinajstić information content (AvgIpc) is 3.25. The van der Waals surface area contributed by atoms with Crippen LogP contribution in [0, 0.1) is 0 Å². The number of methoxy groups -OCH3 is 1. The lowest BCUT2D eigenvalue weighted by Crippen LogP contribution is -2.47. The molecule has 5 rings (SSSR count). The molecule has 2 N–H and O–H groups in total. The van der Waals surface area contributed by atoms with Crippen molar-refractivity contribution in [2.45, 2.75) is 32.1 Å². The van der Waals surface area contributed by atoms with E-state index in [1.54, 1.807) is 14.0 Å². The molecule has 4 aromatic carbocycles. The van der Waals surface area contributed by atoms with Crippen molar-refractivity contribution in [1.82, 2.24) is 10.6 Å². The SMILES string of the molecule is CC1(COCc2ccc(-c3ccc(Cl)cc3)cc2)NC(=O)NC1=O.COC(C(C)=O)c1ccc(-c2ccc(Cl)cc2)cc1. The second-order valence-electron chi connectivity index (χ2n) is 10.3. The molecule has 0 bridgehead atoms. The summed E-state index contributed by atoms with van der Waals surface area (Å²) < 4.78 is 10.8. The highest BCUT2D eigenvalue weighted by atomic mass is 35.5. The molecular weight excluding hydrogens is 587 g/mol. The van der Waals surface area contributed by atoms with E-state index in [2.05, 4.69) is 10.6 Å². The number of Topliss-reactive ketones (excluding diaryl/α,β-unsaturated/α-hetero) is 1. The second kappa shape index (κ2) is 14.4. The van der Waals surface area contributed by atoms with Crippen LogP contribution in [0.5, 0.6) is 0 Å². The molecule has 1 saturated heterocycles. The molecule has 43 heavy (non-hydrogen) atoms. The predicted molar refractivity (Wildman–Crippen MR) is 169 cm³/mol. The average molecular weight is 620 g/mol. The molecule has 4 aromatic rings. The fourth-order valence-electron chi connectivity index (χ4n) is 4.52. The van der Waals surface area contributed by atoms with Crippen LogP contribution in [0.4, 0.5) is 4.79 Å². The molecule has 7 nitrogen and oxygen atoms in total. The zero-order valence-corrected chi connectivity index (χ0v) is 25.5. The summed E-state index contributed by atoms with van der Waals surface area (Å²) >= 11 is 11.8. The Morgan fingerprint density at radius 1 is 0.767 bits per heavy atom. The van der Waals surface area contributed by atoms with Gasteiger partial charge in [-0.15, -0.1) is 0 Å². The van der Waals surface area contributed by atoms with Gasteiger partial charge < -0.3 is 14.8 Å². The van der Waals surface area contributed by atoms with Crippen molar-refractivity contribution in [1.29, 1.82) is 0 Å². The van der Waals surface area contributed by atoms with E-state index in [1.165, 1.54) is 6.92 Å². The van der Waals surface area contributed by atoms with E-state index in [4.69, 9.17) is 32.7 Å². The van der Waals surface area contributed by atoms with Crippen LogP contribution in [0.1, 0.15) is 31.1 Å². The first kappa shape index (κ1) is 31.9. The normalized spacial score (nSPS) is 16.5. The van der Waals surface area contributed by atoms with E-state index >= 15 is 0 Å². The molecule has 2 unspecified atom stereocenters. The van der Waals surface area contributed by atoms with Gasteiger partial charge in [-0.25, -0.2) is 4.79 Å². The number of carbonyl (C=O) groups is 3. The molecular formula is C34H32Cl2N2O5. The molecule has 0 aromatic heterocycles. The molecule has 1 aliphatic rings. The molecule has 0 spiro atoms. The predicted octanol–water partition coefficient (Wildman–Crippen LogP) is 7.41. The monoisotopic (exact) mass is 618 g/mol. The molecule has 2 atom stereocenters. The van der Waals surface area contributed by atoms with Crippen LogP contribution >= 0.6 is 23.2 Å². The zero-order chi connectivity index (χ0) is 31.0. The molecule has 3 amide bonds. The Hall–Kier alpha value is -4.01. The van der Waals surface area contributed by atoms with Crippen molar-refractivity contribution in [3.05, 3.63) is 118 Å². The number of rotatable bonds is 9. The fraction of sp³-hybridized carbons (Fsp3) is 0.206. The fourth-order valence-corrected chi connectivity index (χ4v) is 4.77. The number of benzene rings is 4. The first-order valence-electron chi connectivity index (χ1n) is 13.5. The molecule has 1 heterocycles. The van der Waals surface area contributed by atoms with Crippen molar-refractivity contribution in [2.75, 3.05) is 13.7 Å². The smallest absolute Gasteiger partial charge is 0.322 e. The van der Waals surface area contributed by atoms with E-state index in [0.717, 1.165) is 38.4 Å². The van der Waals surface area contributed by atoms with Crippen molar-refractivity contribution in [2.24, 2.45) is 0 Å². The third kappa shape index (κ3) is 8.52. The molecule has 0 aliphatic carbocycles. The van der Waals surface area contributed by atoms with Crippen LogP contribution in [0.25, 0.3) is 22.3 Å². The van der Waals surface area contributed by atoms with Crippen molar-refractivity contribution < 1.29 is 23.9 Å². The Morgan fingerprint density at radius 3 is 1.60 bits per heavy atom. The molecule has 0 radical (unpaired) electrons. The van der Waals surface area contributed by atoms with E-state index < -0.39 is 17.7 Å². The summed E-state index contributed by atoms with van der Waals surface area (Å²) in [6.45, 7) is 3.64. The van der Waals surface area contributed by atoms with Crippen molar-refractivity contribution >= 4 is 40.9 Å². The minimum Gasteiger partial charge on any atom is -0.374 e. The number of hydrogen-bond acceptors (Lipinski definition) is 5. The van der Waals surface area contributed by atoms with E-state index in [-0.39, 0.29) is 18.3 Å². The van der Waals surface area contributed by atoms with E-state index in [1.807, 2.05) is 97.1 Å². The summed E-state index contributed by atoms with van der Waals surface area (Å²) in [5.74, 6) is -0.368. The number of hydrogen-bond donors (Lipinski definition) is 2. The third-order valence-electron chi connectivity index (χ3n) is 6.90. The van der Waals surface area contributed by atoms with E-state index in [0.29, 0.717) is 11.6 Å². The number of ether oxygens (including phenoxy) is 2. The van der Waals surface area contributed by atoms with Gasteiger partial charge in [-0.3, -0.25) is 14.9 Å². The third-order valence-corrected chi connectivity index (χ3v) is 7.41. The summed E-state index contributed by atoms with van der Waals surface area (Å²) in [6.07, 6.45) is -0.487. The molecule has 222 valence electrons. The quantitative estimate of drug-likeness (QED) is 0.191. The van der Waals surface area contributed by atoms with Gasteiger partial charge in [-0.05, 0) is 71.5 Å².